The number of ether oxygens (including phenoxy) is 1. The molecule has 29 heavy (non-hydrogen) atoms. The maximum atomic E-state index is 12.3. The number of nitro groups is 1. The molecule has 3 rings (SSSR count). The van der Waals surface area contributed by atoms with Crippen molar-refractivity contribution in [1.29, 1.82) is 0 Å². The van der Waals surface area contributed by atoms with Crippen LogP contribution in [0.1, 0.15) is 21.9 Å². The van der Waals surface area contributed by atoms with Gasteiger partial charge in [0.1, 0.15) is 23.9 Å². The van der Waals surface area contributed by atoms with Crippen LogP contribution < -0.4 is 4.74 Å². The van der Waals surface area contributed by atoms with Crippen molar-refractivity contribution in [2.45, 2.75) is 6.61 Å². The molecule has 2 aromatic carbocycles. The quantitative estimate of drug-likeness (QED) is 0.130. The predicted molar refractivity (Wildman–Crippen MR) is 119 cm³/mol. The van der Waals surface area contributed by atoms with Crippen LogP contribution in [-0.4, -0.2) is 10.7 Å². The van der Waals surface area contributed by atoms with Crippen LogP contribution in [0, 0.1) is 10.1 Å². The SMILES string of the molecule is O=C(/C=C/c1ccc(COc2c(Br)cc(Br)cc2Br)o1)c1ccccc1[N+](=O)[O-]. The summed E-state index contributed by atoms with van der Waals surface area (Å²) in [4.78, 5) is 22.8. The third kappa shape index (κ3) is 5.43. The first kappa shape index (κ1) is 21.5. The van der Waals surface area contributed by atoms with Gasteiger partial charge in [-0.05, 0) is 74.3 Å². The van der Waals surface area contributed by atoms with E-state index in [0.29, 0.717) is 17.3 Å². The van der Waals surface area contributed by atoms with E-state index < -0.39 is 10.7 Å². The van der Waals surface area contributed by atoms with Crippen molar-refractivity contribution in [2.75, 3.05) is 0 Å². The summed E-state index contributed by atoms with van der Waals surface area (Å²) in [7, 11) is 0. The summed E-state index contributed by atoms with van der Waals surface area (Å²) < 4.78 is 13.9. The number of carbonyl (C=O) groups excluding carboxylic acids is 1. The highest BCUT2D eigenvalue weighted by Gasteiger charge is 2.17. The van der Waals surface area contributed by atoms with Crippen LogP contribution in [0.5, 0.6) is 5.75 Å². The van der Waals surface area contributed by atoms with Crippen molar-refractivity contribution in [1.82, 2.24) is 0 Å². The number of rotatable bonds is 7. The molecule has 0 fully saturated rings. The molecular weight excluding hydrogens is 574 g/mol. The van der Waals surface area contributed by atoms with Crippen LogP contribution in [0.3, 0.4) is 0 Å². The van der Waals surface area contributed by atoms with E-state index in [-0.39, 0.29) is 17.9 Å². The Hall–Kier alpha value is -2.23. The fourth-order valence-corrected chi connectivity index (χ4v) is 4.95. The number of allylic oxidation sites excluding steroid dienone is 1. The third-order valence-electron chi connectivity index (χ3n) is 3.77. The lowest BCUT2D eigenvalue weighted by molar-refractivity contribution is -0.385. The zero-order valence-corrected chi connectivity index (χ0v) is 19.4. The lowest BCUT2D eigenvalue weighted by Gasteiger charge is -2.09. The maximum absolute atomic E-state index is 12.3. The molecule has 0 N–H and O–H groups in total. The first-order chi connectivity index (χ1) is 13.8. The maximum Gasteiger partial charge on any atom is 0.280 e. The van der Waals surface area contributed by atoms with Crippen molar-refractivity contribution in [3.8, 4) is 5.75 Å². The van der Waals surface area contributed by atoms with E-state index in [4.69, 9.17) is 9.15 Å². The highest BCUT2D eigenvalue weighted by atomic mass is 79.9. The summed E-state index contributed by atoms with van der Waals surface area (Å²) in [5.41, 5.74) is -0.213. The molecule has 0 atom stereocenters. The van der Waals surface area contributed by atoms with Gasteiger partial charge in [-0.3, -0.25) is 14.9 Å². The molecule has 148 valence electrons. The van der Waals surface area contributed by atoms with Gasteiger partial charge in [-0.15, -0.1) is 0 Å². The Bertz CT molecular complexity index is 1080. The lowest BCUT2D eigenvalue weighted by Crippen LogP contribution is -2.00. The summed E-state index contributed by atoms with van der Waals surface area (Å²) in [5, 5.41) is 11.0. The standard InChI is InChI=1S/C20H12Br3NO5/c21-12-9-16(22)20(17(23)10-12)28-11-14-6-5-13(29-14)7-8-19(25)15-3-1-2-4-18(15)24(26)27/h1-10H,11H2/b8-7+. The molecule has 0 saturated heterocycles. The van der Waals surface area contributed by atoms with E-state index in [1.165, 1.54) is 30.4 Å². The Labute approximate surface area is 191 Å². The minimum Gasteiger partial charge on any atom is -0.483 e. The number of carbonyl (C=O) groups is 1. The largest absolute Gasteiger partial charge is 0.483 e. The van der Waals surface area contributed by atoms with Crippen molar-refractivity contribution in [3.63, 3.8) is 0 Å². The van der Waals surface area contributed by atoms with Crippen LogP contribution >= 0.6 is 47.8 Å². The fraction of sp³-hybridized carbons (Fsp3) is 0.0500. The molecular formula is C20H12Br3NO5. The van der Waals surface area contributed by atoms with Gasteiger partial charge < -0.3 is 9.15 Å². The van der Waals surface area contributed by atoms with Gasteiger partial charge in [0, 0.05) is 10.5 Å². The third-order valence-corrected chi connectivity index (χ3v) is 5.41. The average Bonchev–Trinajstić information content (AvgIpc) is 3.13. The number of hydrogen-bond donors (Lipinski definition) is 0. The Morgan fingerprint density at radius 2 is 1.79 bits per heavy atom. The van der Waals surface area contributed by atoms with E-state index in [1.54, 1.807) is 18.2 Å². The van der Waals surface area contributed by atoms with Crippen molar-refractivity contribution >= 4 is 65.3 Å². The Balaban J connectivity index is 1.68. The molecule has 1 aromatic heterocycles. The first-order valence-electron chi connectivity index (χ1n) is 8.17. The number of para-hydroxylation sites is 1. The summed E-state index contributed by atoms with van der Waals surface area (Å²) >= 11 is 10.3. The molecule has 0 aliphatic carbocycles. The van der Waals surface area contributed by atoms with Crippen molar-refractivity contribution in [2.24, 2.45) is 0 Å². The number of nitrogens with zero attached hydrogens (tertiary/aromatic N) is 1. The van der Waals surface area contributed by atoms with Gasteiger partial charge in [0.05, 0.1) is 19.4 Å². The van der Waals surface area contributed by atoms with Gasteiger partial charge in [0.15, 0.2) is 5.78 Å². The van der Waals surface area contributed by atoms with Gasteiger partial charge in [-0.25, -0.2) is 0 Å². The van der Waals surface area contributed by atoms with E-state index in [2.05, 4.69) is 47.8 Å². The predicted octanol–water partition coefficient (Wildman–Crippen LogP) is 6.95. The zero-order valence-electron chi connectivity index (χ0n) is 14.6. The summed E-state index contributed by atoms with van der Waals surface area (Å²) in [5.74, 6) is 1.15. The highest BCUT2D eigenvalue weighted by Crippen LogP contribution is 2.37. The molecule has 0 unspecified atom stereocenters. The fourth-order valence-electron chi connectivity index (χ4n) is 2.46. The summed E-state index contributed by atoms with van der Waals surface area (Å²) in [6.45, 7) is 0.185. The number of benzene rings is 2. The topological polar surface area (TPSA) is 82.6 Å². The molecule has 0 spiro atoms. The molecule has 3 aromatic rings. The molecule has 0 aliphatic rings. The molecule has 9 heteroatoms. The number of halogens is 3. The molecule has 0 amide bonds. The second kappa shape index (κ2) is 9.51. The number of hydrogen-bond acceptors (Lipinski definition) is 5. The van der Waals surface area contributed by atoms with Gasteiger partial charge >= 0.3 is 0 Å². The lowest BCUT2D eigenvalue weighted by atomic mass is 10.1. The van der Waals surface area contributed by atoms with E-state index in [0.717, 1.165) is 13.4 Å². The van der Waals surface area contributed by atoms with Crippen LogP contribution in [0.2, 0.25) is 0 Å². The molecule has 0 aliphatic heterocycles. The minimum absolute atomic E-state index is 0.0220. The van der Waals surface area contributed by atoms with Crippen molar-refractivity contribution < 1.29 is 18.9 Å². The second-order valence-electron chi connectivity index (χ2n) is 5.76. The van der Waals surface area contributed by atoms with Crippen LogP contribution in [0.15, 0.2) is 72.4 Å². The molecule has 1 heterocycles. The van der Waals surface area contributed by atoms with E-state index >= 15 is 0 Å². The van der Waals surface area contributed by atoms with Crippen molar-refractivity contribution in [3.05, 3.63) is 95.2 Å². The Morgan fingerprint density at radius 3 is 2.48 bits per heavy atom. The zero-order chi connectivity index (χ0) is 21.0. The molecule has 0 saturated carbocycles. The van der Waals surface area contributed by atoms with Crippen LogP contribution in [0.25, 0.3) is 6.08 Å². The summed E-state index contributed by atoms with van der Waals surface area (Å²) in [6, 6.07) is 13.0. The average molecular weight is 586 g/mol. The number of nitro benzene ring substituents is 1. The molecule has 6 nitrogen and oxygen atoms in total. The van der Waals surface area contributed by atoms with Gasteiger partial charge in [0.2, 0.25) is 0 Å². The number of ketones is 1. The molecule has 0 radical (unpaired) electrons. The molecule has 0 bridgehead atoms. The first-order valence-corrected chi connectivity index (χ1v) is 10.5. The smallest absolute Gasteiger partial charge is 0.280 e. The monoisotopic (exact) mass is 583 g/mol. The minimum atomic E-state index is -0.582. The second-order valence-corrected chi connectivity index (χ2v) is 8.39. The van der Waals surface area contributed by atoms with Gasteiger partial charge in [-0.1, -0.05) is 28.1 Å². The van der Waals surface area contributed by atoms with Gasteiger partial charge in [-0.2, -0.15) is 0 Å². The van der Waals surface area contributed by atoms with Crippen LogP contribution in [-0.2, 0) is 6.61 Å². The highest BCUT2D eigenvalue weighted by molar-refractivity contribution is 9.11. The normalized spacial score (nSPS) is 11.0. The summed E-state index contributed by atoms with van der Waals surface area (Å²) in [6.07, 6.45) is 2.71. The van der Waals surface area contributed by atoms with E-state index in [9.17, 15) is 14.9 Å². The van der Waals surface area contributed by atoms with Gasteiger partial charge in [0.25, 0.3) is 5.69 Å². The Morgan fingerprint density at radius 1 is 1.10 bits per heavy atom. The Kier molecular flexibility index (Phi) is 7.05. The van der Waals surface area contributed by atoms with Crippen LogP contribution in [0.4, 0.5) is 5.69 Å². The van der Waals surface area contributed by atoms with E-state index in [1.807, 2.05) is 12.1 Å². The number of furan rings is 1.